The molecule has 0 N–H and O–H groups in total. The Morgan fingerprint density at radius 2 is 1.68 bits per heavy atom. The molecule has 4 nitrogen and oxygen atoms in total. The third-order valence-electron chi connectivity index (χ3n) is 3.70. The number of carbonyl (C=O) groups excluding carboxylic acids is 2. The Bertz CT molecular complexity index is 561. The van der Waals surface area contributed by atoms with Crippen LogP contribution in [0.1, 0.15) is 25.7 Å². The maximum atomic E-state index is 12.4. The number of anilines is 1. The largest absolute Gasteiger partial charge is 0.497 e. The summed E-state index contributed by atoms with van der Waals surface area (Å²) in [5.41, 5.74) is 2.00. The number of rotatable bonds is 2. The van der Waals surface area contributed by atoms with Gasteiger partial charge in [-0.3, -0.25) is 9.59 Å². The van der Waals surface area contributed by atoms with Gasteiger partial charge in [-0.25, -0.2) is 4.90 Å². The van der Waals surface area contributed by atoms with E-state index in [1.165, 1.54) is 4.90 Å². The number of carbonyl (C=O) groups is 2. The average Bonchev–Trinajstić information content (AvgIpc) is 2.72. The topological polar surface area (TPSA) is 46.6 Å². The van der Waals surface area contributed by atoms with Crippen LogP contribution in [0.5, 0.6) is 5.75 Å². The maximum Gasteiger partial charge on any atom is 0.261 e. The smallest absolute Gasteiger partial charge is 0.261 e. The second kappa shape index (κ2) is 4.53. The van der Waals surface area contributed by atoms with Gasteiger partial charge in [0.1, 0.15) is 5.75 Å². The maximum absolute atomic E-state index is 12.4. The molecule has 1 aromatic rings. The van der Waals surface area contributed by atoms with E-state index in [9.17, 15) is 9.59 Å². The second-order valence-electron chi connectivity index (χ2n) is 4.81. The number of amides is 2. The van der Waals surface area contributed by atoms with E-state index in [1.54, 1.807) is 31.4 Å². The lowest BCUT2D eigenvalue weighted by Crippen LogP contribution is -2.31. The summed E-state index contributed by atoms with van der Waals surface area (Å²) in [4.78, 5) is 26.0. The standard InChI is InChI=1S/C15H15NO3/c1-19-11-6-4-5-10(9-11)16-14(17)12-7-2-3-8-13(12)15(16)18/h4-6,9H,2-3,7-8H2,1H3. The van der Waals surface area contributed by atoms with Crippen LogP contribution < -0.4 is 9.64 Å². The monoisotopic (exact) mass is 257 g/mol. The van der Waals surface area contributed by atoms with Crippen molar-refractivity contribution < 1.29 is 14.3 Å². The SMILES string of the molecule is COc1cccc(N2C(=O)C3=C(CCCC3)C2=O)c1. The van der Waals surface area contributed by atoms with Crippen LogP contribution in [-0.4, -0.2) is 18.9 Å². The van der Waals surface area contributed by atoms with Gasteiger partial charge in [0.15, 0.2) is 0 Å². The van der Waals surface area contributed by atoms with Crippen molar-refractivity contribution >= 4 is 17.5 Å². The van der Waals surface area contributed by atoms with Gasteiger partial charge in [0.05, 0.1) is 12.8 Å². The van der Waals surface area contributed by atoms with E-state index >= 15 is 0 Å². The van der Waals surface area contributed by atoms with Crippen molar-refractivity contribution in [2.24, 2.45) is 0 Å². The minimum atomic E-state index is -0.159. The quantitative estimate of drug-likeness (QED) is 0.764. The fourth-order valence-corrected chi connectivity index (χ4v) is 2.72. The molecule has 2 amide bonds. The Labute approximate surface area is 111 Å². The van der Waals surface area contributed by atoms with E-state index in [4.69, 9.17) is 4.74 Å². The van der Waals surface area contributed by atoms with Crippen LogP contribution in [0.15, 0.2) is 35.4 Å². The summed E-state index contributed by atoms with van der Waals surface area (Å²) in [5.74, 6) is 0.323. The summed E-state index contributed by atoms with van der Waals surface area (Å²) in [7, 11) is 1.57. The zero-order valence-corrected chi connectivity index (χ0v) is 10.8. The van der Waals surface area contributed by atoms with E-state index in [1.807, 2.05) is 0 Å². The van der Waals surface area contributed by atoms with Crippen LogP contribution in [0, 0.1) is 0 Å². The Kier molecular flexibility index (Phi) is 2.85. The van der Waals surface area contributed by atoms with E-state index in [0.29, 0.717) is 22.6 Å². The molecular formula is C15H15NO3. The van der Waals surface area contributed by atoms with Crippen molar-refractivity contribution in [2.45, 2.75) is 25.7 Å². The Balaban J connectivity index is 1.99. The molecule has 0 spiro atoms. The number of hydrogen-bond donors (Lipinski definition) is 0. The van der Waals surface area contributed by atoms with Crippen molar-refractivity contribution in [1.82, 2.24) is 0 Å². The van der Waals surface area contributed by atoms with E-state index in [-0.39, 0.29) is 11.8 Å². The van der Waals surface area contributed by atoms with Gasteiger partial charge in [-0.1, -0.05) is 6.07 Å². The van der Waals surface area contributed by atoms with Crippen LogP contribution in [-0.2, 0) is 9.59 Å². The van der Waals surface area contributed by atoms with Crippen LogP contribution in [0.25, 0.3) is 0 Å². The number of imide groups is 1. The molecule has 0 fully saturated rings. The highest BCUT2D eigenvalue weighted by atomic mass is 16.5. The van der Waals surface area contributed by atoms with Gasteiger partial charge in [0, 0.05) is 17.2 Å². The van der Waals surface area contributed by atoms with Crippen molar-refractivity contribution in [2.75, 3.05) is 12.0 Å². The Hall–Kier alpha value is -2.10. The van der Waals surface area contributed by atoms with Crippen LogP contribution >= 0.6 is 0 Å². The summed E-state index contributed by atoms with van der Waals surface area (Å²) in [6.07, 6.45) is 3.42. The lowest BCUT2D eigenvalue weighted by molar-refractivity contribution is -0.120. The van der Waals surface area contributed by atoms with Gasteiger partial charge in [-0.2, -0.15) is 0 Å². The lowest BCUT2D eigenvalue weighted by atomic mass is 9.93. The molecule has 0 saturated carbocycles. The predicted molar refractivity (Wildman–Crippen MR) is 71.0 cm³/mol. The van der Waals surface area contributed by atoms with Gasteiger partial charge in [-0.05, 0) is 37.8 Å². The molecule has 19 heavy (non-hydrogen) atoms. The molecule has 0 unspecified atom stereocenters. The predicted octanol–water partition coefficient (Wildman–Crippen LogP) is 2.44. The first-order valence-electron chi connectivity index (χ1n) is 6.47. The molecule has 98 valence electrons. The van der Waals surface area contributed by atoms with Gasteiger partial charge in [0.25, 0.3) is 11.8 Å². The van der Waals surface area contributed by atoms with Gasteiger partial charge < -0.3 is 4.74 Å². The number of benzene rings is 1. The summed E-state index contributed by atoms with van der Waals surface area (Å²) >= 11 is 0. The van der Waals surface area contributed by atoms with E-state index in [2.05, 4.69) is 0 Å². The normalized spacial score (nSPS) is 18.9. The molecule has 0 radical (unpaired) electrons. The van der Waals surface area contributed by atoms with Crippen molar-refractivity contribution in [1.29, 1.82) is 0 Å². The molecule has 2 aliphatic rings. The van der Waals surface area contributed by atoms with E-state index < -0.39 is 0 Å². The summed E-state index contributed by atoms with van der Waals surface area (Å²) < 4.78 is 5.14. The molecule has 3 rings (SSSR count). The van der Waals surface area contributed by atoms with E-state index in [0.717, 1.165) is 25.7 Å². The molecule has 0 bridgehead atoms. The Morgan fingerprint density at radius 3 is 2.26 bits per heavy atom. The summed E-state index contributed by atoms with van der Waals surface area (Å²) in [6.45, 7) is 0. The number of nitrogens with zero attached hydrogens (tertiary/aromatic N) is 1. The average molecular weight is 257 g/mol. The highest BCUT2D eigenvalue weighted by Gasteiger charge is 2.39. The Morgan fingerprint density at radius 1 is 1.05 bits per heavy atom. The number of methoxy groups -OCH3 is 1. The molecule has 0 saturated heterocycles. The molecule has 1 aliphatic heterocycles. The summed E-state index contributed by atoms with van der Waals surface area (Å²) in [6, 6.07) is 7.05. The molecule has 1 aliphatic carbocycles. The van der Waals surface area contributed by atoms with Crippen LogP contribution in [0.2, 0.25) is 0 Å². The van der Waals surface area contributed by atoms with Crippen molar-refractivity contribution in [3.05, 3.63) is 35.4 Å². The van der Waals surface area contributed by atoms with Gasteiger partial charge in [-0.15, -0.1) is 0 Å². The minimum absolute atomic E-state index is 0.159. The third kappa shape index (κ3) is 1.84. The molecule has 4 heteroatoms. The number of hydrogen-bond acceptors (Lipinski definition) is 3. The third-order valence-corrected chi connectivity index (χ3v) is 3.70. The molecule has 0 atom stereocenters. The zero-order valence-electron chi connectivity index (χ0n) is 10.8. The highest BCUT2D eigenvalue weighted by molar-refractivity contribution is 6.33. The van der Waals surface area contributed by atoms with Gasteiger partial charge in [0.2, 0.25) is 0 Å². The van der Waals surface area contributed by atoms with Crippen LogP contribution in [0.4, 0.5) is 5.69 Å². The molecule has 1 aromatic carbocycles. The molecule has 1 heterocycles. The first-order valence-corrected chi connectivity index (χ1v) is 6.47. The summed E-state index contributed by atoms with van der Waals surface area (Å²) in [5, 5.41) is 0. The minimum Gasteiger partial charge on any atom is -0.497 e. The first kappa shape index (κ1) is 12.0. The highest BCUT2D eigenvalue weighted by Crippen LogP contribution is 2.36. The second-order valence-corrected chi connectivity index (χ2v) is 4.81. The zero-order chi connectivity index (χ0) is 13.4. The van der Waals surface area contributed by atoms with Crippen LogP contribution in [0.3, 0.4) is 0 Å². The molecular weight excluding hydrogens is 242 g/mol. The lowest BCUT2D eigenvalue weighted by Gasteiger charge is -2.15. The van der Waals surface area contributed by atoms with Gasteiger partial charge >= 0.3 is 0 Å². The fraction of sp³-hybridized carbons (Fsp3) is 0.333. The van der Waals surface area contributed by atoms with Crippen molar-refractivity contribution in [3.8, 4) is 5.75 Å². The van der Waals surface area contributed by atoms with Crippen molar-refractivity contribution in [3.63, 3.8) is 0 Å². The fourth-order valence-electron chi connectivity index (χ4n) is 2.72. The number of ether oxygens (including phenoxy) is 1. The first-order chi connectivity index (χ1) is 9.22. The molecule has 0 aromatic heterocycles.